The van der Waals surface area contributed by atoms with Gasteiger partial charge in [0.1, 0.15) is 0 Å². The largest absolute Gasteiger partial charge is 0.385 e. The summed E-state index contributed by atoms with van der Waals surface area (Å²) in [4.78, 5) is 6.73. The van der Waals surface area contributed by atoms with E-state index in [9.17, 15) is 0 Å². The lowest BCUT2D eigenvalue weighted by Crippen LogP contribution is -2.29. The number of rotatable bonds is 10. The third kappa shape index (κ3) is 5.45. The van der Waals surface area contributed by atoms with Crippen molar-refractivity contribution in [1.82, 2.24) is 4.98 Å². The predicted molar refractivity (Wildman–Crippen MR) is 82.0 cm³/mol. The van der Waals surface area contributed by atoms with E-state index in [-0.39, 0.29) is 6.04 Å². The van der Waals surface area contributed by atoms with Gasteiger partial charge in [0.2, 0.25) is 0 Å². The van der Waals surface area contributed by atoms with Crippen LogP contribution in [0, 0.1) is 0 Å². The summed E-state index contributed by atoms with van der Waals surface area (Å²) in [5.41, 5.74) is 8.03. The van der Waals surface area contributed by atoms with Crippen LogP contribution in [-0.2, 0) is 9.47 Å². The number of hydrogen-bond acceptors (Lipinski definition) is 5. The molecule has 1 heterocycles. The van der Waals surface area contributed by atoms with E-state index in [1.807, 2.05) is 12.3 Å². The van der Waals surface area contributed by atoms with Crippen LogP contribution >= 0.6 is 0 Å². The van der Waals surface area contributed by atoms with Crippen molar-refractivity contribution in [2.75, 3.05) is 45.4 Å². The molecule has 1 atom stereocenters. The molecule has 0 radical (unpaired) electrons. The van der Waals surface area contributed by atoms with Crippen LogP contribution in [0.5, 0.6) is 0 Å². The Kier molecular flexibility index (Phi) is 8.18. The number of ether oxygens (including phenoxy) is 2. The van der Waals surface area contributed by atoms with Crippen LogP contribution in [0.2, 0.25) is 0 Å². The standard InChI is InChI=1S/C15H27N3O2/c1-4-14(16)15-7-6-13(12-17-15)18(9-11-20-3)8-5-10-19-2/h6-7,12,14H,4-5,8-11,16H2,1-3H3/t14-/m1/s1. The highest BCUT2D eigenvalue weighted by atomic mass is 16.5. The topological polar surface area (TPSA) is 60.6 Å². The first-order valence-electron chi connectivity index (χ1n) is 7.17. The van der Waals surface area contributed by atoms with E-state index in [0.29, 0.717) is 6.61 Å². The molecule has 1 aromatic rings. The Morgan fingerprint density at radius 3 is 2.50 bits per heavy atom. The number of nitrogens with zero attached hydrogens (tertiary/aromatic N) is 2. The van der Waals surface area contributed by atoms with Gasteiger partial charge in [0.25, 0.3) is 0 Å². The Morgan fingerprint density at radius 1 is 1.20 bits per heavy atom. The molecule has 0 aliphatic heterocycles. The first-order valence-corrected chi connectivity index (χ1v) is 7.17. The van der Waals surface area contributed by atoms with Crippen molar-refractivity contribution in [2.45, 2.75) is 25.8 Å². The van der Waals surface area contributed by atoms with Gasteiger partial charge in [-0.1, -0.05) is 6.92 Å². The van der Waals surface area contributed by atoms with Crippen LogP contribution in [0.4, 0.5) is 5.69 Å². The van der Waals surface area contributed by atoms with E-state index in [1.54, 1.807) is 14.2 Å². The molecule has 0 unspecified atom stereocenters. The highest BCUT2D eigenvalue weighted by Crippen LogP contribution is 2.17. The van der Waals surface area contributed by atoms with E-state index in [0.717, 1.165) is 43.9 Å². The normalized spacial score (nSPS) is 12.4. The molecule has 0 aliphatic rings. The molecule has 0 aromatic carbocycles. The van der Waals surface area contributed by atoms with E-state index >= 15 is 0 Å². The molecule has 0 fully saturated rings. The maximum absolute atomic E-state index is 5.99. The molecule has 20 heavy (non-hydrogen) atoms. The Balaban J connectivity index is 2.68. The second-order valence-electron chi connectivity index (χ2n) is 4.78. The van der Waals surface area contributed by atoms with Gasteiger partial charge in [-0.25, -0.2) is 0 Å². The molecule has 0 saturated heterocycles. The first-order chi connectivity index (χ1) is 9.72. The average molecular weight is 281 g/mol. The van der Waals surface area contributed by atoms with Crippen LogP contribution in [0.15, 0.2) is 18.3 Å². The number of pyridine rings is 1. The molecule has 5 nitrogen and oxygen atoms in total. The maximum Gasteiger partial charge on any atom is 0.0637 e. The lowest BCUT2D eigenvalue weighted by Gasteiger charge is -2.24. The molecular weight excluding hydrogens is 254 g/mol. The zero-order chi connectivity index (χ0) is 14.8. The van der Waals surface area contributed by atoms with Crippen molar-refractivity contribution >= 4 is 5.69 Å². The average Bonchev–Trinajstić information content (AvgIpc) is 2.50. The summed E-state index contributed by atoms with van der Waals surface area (Å²) in [5, 5.41) is 0. The third-order valence-electron chi connectivity index (χ3n) is 3.30. The molecule has 0 bridgehead atoms. The van der Waals surface area contributed by atoms with Gasteiger partial charge >= 0.3 is 0 Å². The summed E-state index contributed by atoms with van der Waals surface area (Å²) in [6, 6.07) is 4.12. The second kappa shape index (κ2) is 9.69. The fourth-order valence-electron chi connectivity index (χ4n) is 1.98. The third-order valence-corrected chi connectivity index (χ3v) is 3.30. The van der Waals surface area contributed by atoms with Gasteiger partial charge in [0, 0.05) is 40.0 Å². The molecular formula is C15H27N3O2. The molecule has 114 valence electrons. The van der Waals surface area contributed by atoms with E-state index in [2.05, 4.69) is 22.9 Å². The van der Waals surface area contributed by atoms with Gasteiger partial charge in [-0.15, -0.1) is 0 Å². The van der Waals surface area contributed by atoms with Crippen molar-refractivity contribution in [3.8, 4) is 0 Å². The summed E-state index contributed by atoms with van der Waals surface area (Å²) in [6.45, 7) is 5.30. The number of aromatic nitrogens is 1. The van der Waals surface area contributed by atoms with Gasteiger partial charge < -0.3 is 20.1 Å². The van der Waals surface area contributed by atoms with Crippen LogP contribution < -0.4 is 10.6 Å². The lowest BCUT2D eigenvalue weighted by molar-refractivity contribution is 0.191. The van der Waals surface area contributed by atoms with Gasteiger partial charge in [-0.05, 0) is 25.0 Å². The predicted octanol–water partition coefficient (Wildman–Crippen LogP) is 1.98. The summed E-state index contributed by atoms with van der Waals surface area (Å²) in [7, 11) is 3.44. The first kappa shape index (κ1) is 16.9. The summed E-state index contributed by atoms with van der Waals surface area (Å²) in [5.74, 6) is 0. The molecule has 0 aliphatic carbocycles. The molecule has 1 aromatic heterocycles. The quantitative estimate of drug-likeness (QED) is 0.665. The minimum Gasteiger partial charge on any atom is -0.385 e. The van der Waals surface area contributed by atoms with Gasteiger partial charge in [-0.3, -0.25) is 4.98 Å². The number of anilines is 1. The summed E-state index contributed by atoms with van der Waals surface area (Å²) < 4.78 is 10.3. The highest BCUT2D eigenvalue weighted by molar-refractivity contribution is 5.44. The Labute approximate surface area is 122 Å². The van der Waals surface area contributed by atoms with Crippen LogP contribution in [0.1, 0.15) is 31.5 Å². The van der Waals surface area contributed by atoms with Crippen molar-refractivity contribution in [1.29, 1.82) is 0 Å². The van der Waals surface area contributed by atoms with E-state index < -0.39 is 0 Å². The Bertz CT molecular complexity index is 357. The highest BCUT2D eigenvalue weighted by Gasteiger charge is 2.09. The van der Waals surface area contributed by atoms with Crippen molar-refractivity contribution in [3.05, 3.63) is 24.0 Å². The minimum atomic E-state index is 0.0185. The lowest BCUT2D eigenvalue weighted by atomic mass is 10.1. The van der Waals surface area contributed by atoms with Crippen molar-refractivity contribution in [2.24, 2.45) is 5.73 Å². The molecule has 0 spiro atoms. The minimum absolute atomic E-state index is 0.0185. The van der Waals surface area contributed by atoms with E-state index in [4.69, 9.17) is 15.2 Å². The Morgan fingerprint density at radius 2 is 1.95 bits per heavy atom. The zero-order valence-corrected chi connectivity index (χ0v) is 12.8. The van der Waals surface area contributed by atoms with Crippen LogP contribution in [0.3, 0.4) is 0 Å². The molecule has 0 amide bonds. The molecule has 5 heteroatoms. The smallest absolute Gasteiger partial charge is 0.0637 e. The maximum atomic E-state index is 5.99. The monoisotopic (exact) mass is 281 g/mol. The van der Waals surface area contributed by atoms with Gasteiger partial charge in [0.05, 0.1) is 24.2 Å². The molecule has 2 N–H and O–H groups in total. The van der Waals surface area contributed by atoms with Crippen molar-refractivity contribution < 1.29 is 9.47 Å². The van der Waals surface area contributed by atoms with Crippen LogP contribution in [-0.4, -0.2) is 45.5 Å². The van der Waals surface area contributed by atoms with Crippen LogP contribution in [0.25, 0.3) is 0 Å². The molecule has 0 saturated carbocycles. The van der Waals surface area contributed by atoms with E-state index in [1.165, 1.54) is 0 Å². The Hall–Kier alpha value is -1.17. The SMILES string of the molecule is CC[C@@H](N)c1ccc(N(CCCOC)CCOC)cn1. The fraction of sp³-hybridized carbons (Fsp3) is 0.667. The van der Waals surface area contributed by atoms with Crippen molar-refractivity contribution in [3.63, 3.8) is 0 Å². The molecule has 1 rings (SSSR count). The number of methoxy groups -OCH3 is 2. The summed E-state index contributed by atoms with van der Waals surface area (Å²) in [6.07, 6.45) is 3.78. The van der Waals surface area contributed by atoms with Gasteiger partial charge in [0.15, 0.2) is 0 Å². The van der Waals surface area contributed by atoms with Gasteiger partial charge in [-0.2, -0.15) is 0 Å². The zero-order valence-electron chi connectivity index (χ0n) is 12.8. The summed E-state index contributed by atoms with van der Waals surface area (Å²) >= 11 is 0. The number of hydrogen-bond donors (Lipinski definition) is 1. The number of nitrogens with two attached hydrogens (primary N) is 1. The second-order valence-corrected chi connectivity index (χ2v) is 4.78. The fourth-order valence-corrected chi connectivity index (χ4v) is 1.98.